The Kier molecular flexibility index (Phi) is 10.3. The van der Waals surface area contributed by atoms with Crippen molar-refractivity contribution in [3.8, 4) is 0 Å². The molecule has 0 bridgehead atoms. The van der Waals surface area contributed by atoms with Crippen LogP contribution in [0, 0.1) is 0 Å². The number of benzene rings is 2. The zero-order valence-electron chi connectivity index (χ0n) is 20.2. The van der Waals surface area contributed by atoms with E-state index in [0.717, 1.165) is 23.3 Å². The molecule has 2 aromatic carbocycles. The van der Waals surface area contributed by atoms with Crippen LogP contribution in [0.5, 0.6) is 0 Å². The van der Waals surface area contributed by atoms with Gasteiger partial charge in [0, 0.05) is 28.8 Å². The van der Waals surface area contributed by atoms with Crippen molar-refractivity contribution in [2.75, 3.05) is 16.0 Å². The van der Waals surface area contributed by atoms with E-state index >= 15 is 0 Å². The molecule has 34 heavy (non-hydrogen) atoms. The summed E-state index contributed by atoms with van der Waals surface area (Å²) < 4.78 is 0. The maximum Gasteiger partial charge on any atom is 0.258 e. The average Bonchev–Trinajstić information content (AvgIpc) is 2.86. The predicted molar refractivity (Wildman–Crippen MR) is 143 cm³/mol. The summed E-state index contributed by atoms with van der Waals surface area (Å²) in [6.45, 7) is 10.1. The van der Waals surface area contributed by atoms with Crippen LogP contribution in [0.4, 0.5) is 22.9 Å². The molecule has 6 nitrogen and oxygen atoms in total. The highest BCUT2D eigenvalue weighted by Crippen LogP contribution is 2.36. The summed E-state index contributed by atoms with van der Waals surface area (Å²) in [4.78, 5) is 28.1. The van der Waals surface area contributed by atoms with Crippen LogP contribution in [0.3, 0.4) is 0 Å². The second-order valence-electron chi connectivity index (χ2n) is 7.25. The topological polar surface area (TPSA) is 83.1 Å². The number of hydrogen-bond donors (Lipinski definition) is 3. The number of aromatic nitrogens is 1. The normalized spacial score (nSPS) is 10.9. The van der Waals surface area contributed by atoms with E-state index in [1.807, 2.05) is 58.0 Å². The molecule has 0 aliphatic heterocycles. The van der Waals surface area contributed by atoms with Gasteiger partial charge in [0.05, 0.1) is 10.6 Å². The maximum absolute atomic E-state index is 13.0. The van der Waals surface area contributed by atoms with E-state index in [1.54, 1.807) is 24.3 Å². The minimum Gasteiger partial charge on any atom is -0.340 e. The number of rotatable bonds is 8. The SMILES string of the molecule is CC.CCC(C)=C(C)c1c(Nc2ccccc2)ncc(C(=O)Nc2ccc(NC=O)cc2)c1Cl. The Morgan fingerprint density at radius 2 is 1.59 bits per heavy atom. The van der Waals surface area contributed by atoms with Gasteiger partial charge < -0.3 is 16.0 Å². The van der Waals surface area contributed by atoms with E-state index in [4.69, 9.17) is 11.6 Å². The molecule has 2 amide bonds. The lowest BCUT2D eigenvalue weighted by Crippen LogP contribution is -2.14. The first kappa shape index (κ1) is 26.6. The zero-order valence-corrected chi connectivity index (χ0v) is 21.0. The van der Waals surface area contributed by atoms with Crippen molar-refractivity contribution in [1.29, 1.82) is 0 Å². The summed E-state index contributed by atoms with van der Waals surface area (Å²) in [6.07, 6.45) is 2.92. The molecule has 7 heteroatoms. The smallest absolute Gasteiger partial charge is 0.258 e. The first-order chi connectivity index (χ1) is 16.4. The molecule has 0 radical (unpaired) electrons. The number of anilines is 4. The fourth-order valence-corrected chi connectivity index (χ4v) is 3.50. The van der Waals surface area contributed by atoms with E-state index < -0.39 is 0 Å². The van der Waals surface area contributed by atoms with Gasteiger partial charge in [0.25, 0.3) is 5.91 Å². The fourth-order valence-electron chi connectivity index (χ4n) is 3.14. The van der Waals surface area contributed by atoms with Crippen LogP contribution in [-0.2, 0) is 4.79 Å². The predicted octanol–water partition coefficient (Wildman–Crippen LogP) is 7.53. The largest absolute Gasteiger partial charge is 0.340 e. The van der Waals surface area contributed by atoms with Crippen molar-refractivity contribution in [2.24, 2.45) is 0 Å². The summed E-state index contributed by atoms with van der Waals surface area (Å²) in [7, 11) is 0. The number of pyridine rings is 1. The van der Waals surface area contributed by atoms with E-state index in [1.165, 1.54) is 6.20 Å². The summed E-state index contributed by atoms with van der Waals surface area (Å²) >= 11 is 6.78. The quantitative estimate of drug-likeness (QED) is 0.292. The molecule has 0 saturated heterocycles. The summed E-state index contributed by atoms with van der Waals surface area (Å²) in [5, 5.41) is 9.03. The van der Waals surface area contributed by atoms with Gasteiger partial charge in [-0.1, -0.05) is 56.1 Å². The highest BCUT2D eigenvalue weighted by molar-refractivity contribution is 6.36. The lowest BCUT2D eigenvalue weighted by Gasteiger charge is -2.17. The van der Waals surface area contributed by atoms with Gasteiger partial charge in [0.15, 0.2) is 0 Å². The average molecular weight is 479 g/mol. The summed E-state index contributed by atoms with van der Waals surface area (Å²) in [5.74, 6) is 0.223. The highest BCUT2D eigenvalue weighted by atomic mass is 35.5. The number of nitrogens with zero attached hydrogens (tertiary/aromatic N) is 1. The van der Waals surface area contributed by atoms with Crippen molar-refractivity contribution < 1.29 is 9.59 Å². The Labute approximate surface area is 206 Å². The number of hydrogen-bond acceptors (Lipinski definition) is 4. The van der Waals surface area contributed by atoms with E-state index in [0.29, 0.717) is 34.2 Å². The number of nitrogens with one attached hydrogen (secondary N) is 3. The number of amides is 2. The second-order valence-corrected chi connectivity index (χ2v) is 7.63. The van der Waals surface area contributed by atoms with Crippen LogP contribution in [0.2, 0.25) is 5.02 Å². The van der Waals surface area contributed by atoms with Gasteiger partial charge in [0.2, 0.25) is 6.41 Å². The molecule has 3 rings (SSSR count). The maximum atomic E-state index is 13.0. The van der Waals surface area contributed by atoms with E-state index in [2.05, 4.69) is 27.9 Å². The molecule has 0 aliphatic carbocycles. The molecule has 0 atom stereocenters. The molecule has 1 heterocycles. The van der Waals surface area contributed by atoms with Crippen molar-refractivity contribution in [1.82, 2.24) is 4.98 Å². The third-order valence-corrected chi connectivity index (χ3v) is 5.60. The Morgan fingerprint density at radius 3 is 2.18 bits per heavy atom. The first-order valence-corrected chi connectivity index (χ1v) is 11.6. The highest BCUT2D eigenvalue weighted by Gasteiger charge is 2.20. The molecule has 0 aliphatic rings. The second kappa shape index (κ2) is 13.2. The van der Waals surface area contributed by atoms with Crippen molar-refractivity contribution in [2.45, 2.75) is 41.0 Å². The van der Waals surface area contributed by atoms with E-state index in [9.17, 15) is 9.59 Å². The fraction of sp³-hybridized carbons (Fsp3) is 0.222. The van der Waals surface area contributed by atoms with Crippen LogP contribution in [0.25, 0.3) is 5.57 Å². The molecule has 3 aromatic rings. The lowest BCUT2D eigenvalue weighted by molar-refractivity contribution is -0.105. The van der Waals surface area contributed by atoms with Gasteiger partial charge in [-0.25, -0.2) is 4.98 Å². The molecule has 3 N–H and O–H groups in total. The van der Waals surface area contributed by atoms with Gasteiger partial charge in [-0.3, -0.25) is 9.59 Å². The molecule has 0 unspecified atom stereocenters. The Hall–Kier alpha value is -3.64. The monoisotopic (exact) mass is 478 g/mol. The zero-order chi connectivity index (χ0) is 25.1. The standard InChI is InChI=1S/C25H25ClN4O2.C2H6/c1-4-16(2)17(3)22-23(26)21(14-27-24(22)29-19-8-6-5-7-9-19)25(32)30-20-12-10-18(11-13-20)28-15-31;1-2/h5-15H,4H2,1-3H3,(H,27,29)(H,28,31)(H,30,32);1-2H3. The van der Waals surface area contributed by atoms with Crippen LogP contribution < -0.4 is 16.0 Å². The summed E-state index contributed by atoms with van der Waals surface area (Å²) in [6, 6.07) is 16.5. The third-order valence-electron chi connectivity index (χ3n) is 5.21. The van der Waals surface area contributed by atoms with Gasteiger partial charge in [-0.2, -0.15) is 0 Å². The number of para-hydroxylation sites is 1. The van der Waals surface area contributed by atoms with E-state index in [-0.39, 0.29) is 11.5 Å². The van der Waals surface area contributed by atoms with Crippen LogP contribution >= 0.6 is 11.6 Å². The lowest BCUT2D eigenvalue weighted by atomic mass is 9.99. The minimum absolute atomic E-state index is 0.277. The van der Waals surface area contributed by atoms with Gasteiger partial charge in [-0.15, -0.1) is 0 Å². The molecule has 1 aromatic heterocycles. The molecule has 178 valence electrons. The first-order valence-electron chi connectivity index (χ1n) is 11.2. The number of halogens is 1. The van der Waals surface area contributed by atoms with Gasteiger partial charge >= 0.3 is 0 Å². The van der Waals surface area contributed by atoms with Crippen LogP contribution in [0.1, 0.15) is 57.0 Å². The Bertz CT molecular complexity index is 1140. The number of allylic oxidation sites excluding steroid dienone is 2. The third kappa shape index (κ3) is 6.68. The van der Waals surface area contributed by atoms with Crippen LogP contribution in [-0.4, -0.2) is 17.3 Å². The Morgan fingerprint density at radius 1 is 0.971 bits per heavy atom. The summed E-state index contributed by atoms with van der Waals surface area (Å²) in [5.41, 5.74) is 5.19. The molecule has 0 fully saturated rings. The number of carbonyl (C=O) groups is 2. The van der Waals surface area contributed by atoms with Crippen molar-refractivity contribution in [3.05, 3.63) is 82.5 Å². The van der Waals surface area contributed by atoms with Crippen molar-refractivity contribution >= 4 is 52.4 Å². The number of carbonyl (C=O) groups excluding carboxylic acids is 2. The molecule has 0 saturated carbocycles. The molecular formula is C27H31ClN4O2. The Balaban J connectivity index is 0.00000199. The molecular weight excluding hydrogens is 448 g/mol. The minimum atomic E-state index is -0.368. The van der Waals surface area contributed by atoms with Gasteiger partial charge in [-0.05, 0) is 62.2 Å². The van der Waals surface area contributed by atoms with Gasteiger partial charge in [0.1, 0.15) is 5.82 Å². The van der Waals surface area contributed by atoms with Crippen molar-refractivity contribution in [3.63, 3.8) is 0 Å². The van der Waals surface area contributed by atoms with Crippen LogP contribution in [0.15, 0.2) is 66.4 Å². The molecule has 0 spiro atoms.